The highest BCUT2D eigenvalue weighted by atomic mass is 32.1. The van der Waals surface area contributed by atoms with Crippen LogP contribution in [0.15, 0.2) is 24.2 Å². The molecule has 2 heterocycles. The van der Waals surface area contributed by atoms with E-state index in [9.17, 15) is 13.2 Å². The van der Waals surface area contributed by atoms with Gasteiger partial charge in [-0.15, -0.1) is 17.9 Å². The summed E-state index contributed by atoms with van der Waals surface area (Å²) in [5, 5.41) is 10.4. The van der Waals surface area contributed by atoms with E-state index in [2.05, 4.69) is 21.8 Å². The molecule has 1 aromatic rings. The van der Waals surface area contributed by atoms with Gasteiger partial charge < -0.3 is 9.84 Å². The van der Waals surface area contributed by atoms with Crippen LogP contribution in [0, 0.1) is 5.92 Å². The van der Waals surface area contributed by atoms with Crippen LogP contribution in [-0.2, 0) is 16.1 Å². The lowest BCUT2D eigenvalue weighted by atomic mass is 10.1. The van der Waals surface area contributed by atoms with E-state index in [1.165, 1.54) is 24.4 Å². The van der Waals surface area contributed by atoms with Gasteiger partial charge in [-0.2, -0.15) is 13.2 Å². The molecule has 0 radical (unpaired) electrons. The second-order valence-corrected chi connectivity index (χ2v) is 6.68. The van der Waals surface area contributed by atoms with Crippen molar-refractivity contribution in [3.8, 4) is 0 Å². The zero-order valence-electron chi connectivity index (χ0n) is 12.9. The number of likely N-dealkylation sites (tertiary alicyclic amines) is 1. The van der Waals surface area contributed by atoms with Crippen LogP contribution < -0.4 is 0 Å². The molecule has 1 N–H and O–H groups in total. The van der Waals surface area contributed by atoms with Gasteiger partial charge in [-0.1, -0.05) is 6.08 Å². The van der Waals surface area contributed by atoms with Gasteiger partial charge >= 0.3 is 12.1 Å². The fraction of sp³-hybridized carbons (Fsp3) is 0.600. The summed E-state index contributed by atoms with van der Waals surface area (Å²) in [6.07, 6.45) is 1.60. The molecule has 2 aliphatic rings. The minimum atomic E-state index is -5.08. The largest absolute Gasteiger partial charge is 0.490 e. The van der Waals surface area contributed by atoms with Crippen molar-refractivity contribution in [1.29, 1.82) is 0 Å². The summed E-state index contributed by atoms with van der Waals surface area (Å²) in [7, 11) is 0. The first-order valence-electron chi connectivity index (χ1n) is 7.46. The first kappa shape index (κ1) is 18.9. The predicted molar refractivity (Wildman–Crippen MR) is 82.7 cm³/mol. The molecule has 1 aliphatic carbocycles. The number of fused-ring (bicyclic) bond motifs is 2. The van der Waals surface area contributed by atoms with Crippen LogP contribution in [0.1, 0.15) is 17.8 Å². The fourth-order valence-electron chi connectivity index (χ4n) is 3.09. The smallest absolute Gasteiger partial charge is 0.475 e. The number of ether oxygens (including phenoxy) is 1. The van der Waals surface area contributed by atoms with Crippen LogP contribution >= 0.6 is 11.3 Å². The maximum atomic E-state index is 10.6. The molecule has 3 unspecified atom stereocenters. The lowest BCUT2D eigenvalue weighted by Crippen LogP contribution is -2.38. The maximum Gasteiger partial charge on any atom is 0.490 e. The number of halogens is 3. The van der Waals surface area contributed by atoms with E-state index in [1.54, 1.807) is 11.3 Å². The Morgan fingerprint density at radius 3 is 2.71 bits per heavy atom. The SMILES string of the molecule is C=CCOC1CC2CC1CN2Cc1nccs1.O=C(O)C(F)(F)F. The Kier molecular flexibility index (Phi) is 6.36. The van der Waals surface area contributed by atoms with Crippen molar-refractivity contribution in [2.24, 2.45) is 5.92 Å². The van der Waals surface area contributed by atoms with Gasteiger partial charge in [-0.3, -0.25) is 4.90 Å². The monoisotopic (exact) mass is 364 g/mol. The summed E-state index contributed by atoms with van der Waals surface area (Å²) in [5.74, 6) is -2.03. The van der Waals surface area contributed by atoms with Gasteiger partial charge in [0, 0.05) is 24.2 Å². The molecule has 24 heavy (non-hydrogen) atoms. The molecule has 2 bridgehead atoms. The molecule has 1 saturated carbocycles. The Morgan fingerprint density at radius 2 is 2.25 bits per heavy atom. The van der Waals surface area contributed by atoms with E-state index in [1.807, 2.05) is 12.3 Å². The van der Waals surface area contributed by atoms with E-state index in [4.69, 9.17) is 14.6 Å². The average Bonchev–Trinajstić information content (AvgIpc) is 3.21. The van der Waals surface area contributed by atoms with E-state index in [-0.39, 0.29) is 0 Å². The summed E-state index contributed by atoms with van der Waals surface area (Å²) in [6.45, 7) is 6.59. The number of hydrogen-bond donors (Lipinski definition) is 1. The molecule has 0 aromatic carbocycles. The molecule has 134 valence electrons. The molecule has 0 amide bonds. The highest BCUT2D eigenvalue weighted by Crippen LogP contribution is 2.40. The number of rotatable bonds is 5. The quantitative estimate of drug-likeness (QED) is 0.814. The van der Waals surface area contributed by atoms with E-state index >= 15 is 0 Å². The summed E-state index contributed by atoms with van der Waals surface area (Å²) in [5.41, 5.74) is 0. The second kappa shape index (κ2) is 8.09. The third-order valence-electron chi connectivity index (χ3n) is 4.08. The van der Waals surface area contributed by atoms with Gasteiger partial charge in [0.15, 0.2) is 0 Å². The minimum absolute atomic E-state index is 0.463. The first-order valence-corrected chi connectivity index (χ1v) is 8.34. The third kappa shape index (κ3) is 5.02. The lowest BCUT2D eigenvalue weighted by Gasteiger charge is -2.30. The molecular formula is C15H19F3N2O3S. The number of carboxylic acids is 1. The Morgan fingerprint density at radius 1 is 1.54 bits per heavy atom. The number of aliphatic carboxylic acids is 1. The Hall–Kier alpha value is -1.45. The van der Waals surface area contributed by atoms with Gasteiger partial charge in [0.2, 0.25) is 0 Å². The molecule has 2 fully saturated rings. The Bertz CT molecular complexity index is 551. The van der Waals surface area contributed by atoms with Crippen molar-refractivity contribution in [3.05, 3.63) is 29.2 Å². The van der Waals surface area contributed by atoms with Crippen LogP contribution in [0.2, 0.25) is 0 Å². The fourth-order valence-corrected chi connectivity index (χ4v) is 3.73. The number of alkyl halides is 3. The van der Waals surface area contributed by atoms with Crippen LogP contribution in [-0.4, -0.2) is 52.4 Å². The van der Waals surface area contributed by atoms with Crippen molar-refractivity contribution >= 4 is 17.3 Å². The molecule has 1 aromatic heterocycles. The lowest BCUT2D eigenvalue weighted by molar-refractivity contribution is -0.192. The first-order chi connectivity index (χ1) is 11.3. The van der Waals surface area contributed by atoms with Gasteiger partial charge in [0.1, 0.15) is 5.01 Å². The number of piperidine rings is 1. The predicted octanol–water partition coefficient (Wildman–Crippen LogP) is 2.94. The van der Waals surface area contributed by atoms with Crippen LogP contribution in [0.4, 0.5) is 13.2 Å². The normalized spacial score (nSPS) is 26.0. The average molecular weight is 364 g/mol. The second-order valence-electron chi connectivity index (χ2n) is 5.70. The molecular weight excluding hydrogens is 345 g/mol. The number of hydrogen-bond acceptors (Lipinski definition) is 5. The zero-order chi connectivity index (χ0) is 17.7. The Balaban J connectivity index is 0.000000256. The molecule has 1 aliphatic heterocycles. The highest BCUT2D eigenvalue weighted by Gasteiger charge is 2.45. The number of aromatic nitrogens is 1. The van der Waals surface area contributed by atoms with E-state index in [0.29, 0.717) is 18.8 Å². The zero-order valence-corrected chi connectivity index (χ0v) is 13.7. The van der Waals surface area contributed by atoms with Crippen LogP contribution in [0.5, 0.6) is 0 Å². The highest BCUT2D eigenvalue weighted by molar-refractivity contribution is 7.09. The number of carboxylic acid groups (broad SMARTS) is 1. The van der Waals surface area contributed by atoms with Crippen LogP contribution in [0.25, 0.3) is 0 Å². The molecule has 3 atom stereocenters. The summed E-state index contributed by atoms with van der Waals surface area (Å²) < 4.78 is 37.5. The van der Waals surface area contributed by atoms with E-state index in [0.717, 1.165) is 12.5 Å². The van der Waals surface area contributed by atoms with Gasteiger partial charge in [0.25, 0.3) is 0 Å². The van der Waals surface area contributed by atoms with E-state index < -0.39 is 12.1 Å². The molecule has 3 rings (SSSR count). The van der Waals surface area contributed by atoms with Crippen molar-refractivity contribution in [2.75, 3.05) is 13.2 Å². The van der Waals surface area contributed by atoms with Gasteiger partial charge in [-0.05, 0) is 18.8 Å². The number of nitrogens with zero attached hydrogens (tertiary/aromatic N) is 2. The third-order valence-corrected chi connectivity index (χ3v) is 4.85. The summed E-state index contributed by atoms with van der Waals surface area (Å²) in [6, 6.07) is 0.707. The van der Waals surface area contributed by atoms with Gasteiger partial charge in [0.05, 0.1) is 19.3 Å². The number of thiazole rings is 1. The van der Waals surface area contributed by atoms with Crippen molar-refractivity contribution in [2.45, 2.75) is 37.7 Å². The van der Waals surface area contributed by atoms with Crippen molar-refractivity contribution in [3.63, 3.8) is 0 Å². The Labute approximate surface area is 141 Å². The molecule has 0 spiro atoms. The minimum Gasteiger partial charge on any atom is -0.475 e. The molecule has 1 saturated heterocycles. The van der Waals surface area contributed by atoms with Crippen molar-refractivity contribution < 1.29 is 27.8 Å². The maximum absolute atomic E-state index is 10.6. The van der Waals surface area contributed by atoms with Gasteiger partial charge in [-0.25, -0.2) is 9.78 Å². The summed E-state index contributed by atoms with van der Waals surface area (Å²) in [4.78, 5) is 15.8. The topological polar surface area (TPSA) is 62.7 Å². The number of carbonyl (C=O) groups is 1. The molecule has 9 heteroatoms. The standard InChI is InChI=1S/C13H18N2OS.C2HF3O2/c1-2-4-16-12-7-11-6-10(12)8-15(11)9-13-14-3-5-17-13;3-2(4,5)1(6)7/h2-3,5,10-12H,1,4,6-9H2;(H,6,7). The van der Waals surface area contributed by atoms with Crippen LogP contribution in [0.3, 0.4) is 0 Å². The summed E-state index contributed by atoms with van der Waals surface area (Å²) >= 11 is 1.75. The van der Waals surface area contributed by atoms with Crippen molar-refractivity contribution in [1.82, 2.24) is 9.88 Å². The molecule has 5 nitrogen and oxygen atoms in total.